The Morgan fingerprint density at radius 3 is 3.19 bits per heavy atom. The summed E-state index contributed by atoms with van der Waals surface area (Å²) in [5, 5.41) is 7.45. The summed E-state index contributed by atoms with van der Waals surface area (Å²) < 4.78 is 5.42. The van der Waals surface area contributed by atoms with Gasteiger partial charge in [0.05, 0.1) is 5.56 Å². The van der Waals surface area contributed by atoms with Crippen LogP contribution in [-0.2, 0) is 6.42 Å². The third-order valence-corrected chi connectivity index (χ3v) is 3.60. The van der Waals surface area contributed by atoms with Gasteiger partial charge in [0.25, 0.3) is 5.89 Å². The first-order chi connectivity index (χ1) is 10.4. The molecule has 21 heavy (non-hydrogen) atoms. The number of hydrogen-bond acceptors (Lipinski definition) is 6. The molecule has 3 rings (SSSR count). The van der Waals surface area contributed by atoms with Crippen LogP contribution in [0.1, 0.15) is 25.6 Å². The highest BCUT2D eigenvalue weighted by atomic mass is 16.5. The maximum absolute atomic E-state index is 5.42. The smallest absolute Gasteiger partial charge is 0.261 e. The molecule has 2 aromatic rings. The zero-order valence-corrected chi connectivity index (χ0v) is 12.4. The standard InChI is InChI=1S/C15H21N5O/c1-2-5-13-18-15(21-19-13)12-6-3-8-17-14(12)20-10-4-7-16-9-11-20/h3,6,8,16H,2,4-5,7,9-11H2,1H3. The summed E-state index contributed by atoms with van der Waals surface area (Å²) >= 11 is 0. The highest BCUT2D eigenvalue weighted by Gasteiger charge is 2.19. The lowest BCUT2D eigenvalue weighted by Gasteiger charge is -2.22. The third-order valence-electron chi connectivity index (χ3n) is 3.60. The molecule has 0 saturated carbocycles. The van der Waals surface area contributed by atoms with E-state index in [4.69, 9.17) is 4.52 Å². The van der Waals surface area contributed by atoms with Crippen LogP contribution in [0.3, 0.4) is 0 Å². The fraction of sp³-hybridized carbons (Fsp3) is 0.533. The number of nitrogens with zero attached hydrogens (tertiary/aromatic N) is 4. The lowest BCUT2D eigenvalue weighted by atomic mass is 10.2. The number of pyridine rings is 1. The molecule has 1 fully saturated rings. The van der Waals surface area contributed by atoms with Crippen LogP contribution in [0.4, 0.5) is 5.82 Å². The van der Waals surface area contributed by atoms with Gasteiger partial charge in [-0.2, -0.15) is 4.98 Å². The van der Waals surface area contributed by atoms with E-state index in [9.17, 15) is 0 Å². The summed E-state index contributed by atoms with van der Waals surface area (Å²) in [6.45, 7) is 6.07. The van der Waals surface area contributed by atoms with Crippen LogP contribution in [0.25, 0.3) is 11.5 Å². The van der Waals surface area contributed by atoms with Crippen molar-refractivity contribution in [2.45, 2.75) is 26.2 Å². The van der Waals surface area contributed by atoms with Crippen LogP contribution in [0.5, 0.6) is 0 Å². The van der Waals surface area contributed by atoms with E-state index < -0.39 is 0 Å². The van der Waals surface area contributed by atoms with Crippen molar-refractivity contribution in [3.63, 3.8) is 0 Å². The van der Waals surface area contributed by atoms with Crippen molar-refractivity contribution in [2.75, 3.05) is 31.1 Å². The van der Waals surface area contributed by atoms with Crippen molar-refractivity contribution < 1.29 is 4.52 Å². The van der Waals surface area contributed by atoms with Crippen molar-refractivity contribution in [1.82, 2.24) is 20.4 Å². The van der Waals surface area contributed by atoms with Crippen LogP contribution in [0.2, 0.25) is 0 Å². The molecule has 1 saturated heterocycles. The summed E-state index contributed by atoms with van der Waals surface area (Å²) in [5.74, 6) is 2.27. The first-order valence-electron chi connectivity index (χ1n) is 7.62. The second kappa shape index (κ2) is 6.67. The van der Waals surface area contributed by atoms with E-state index in [1.807, 2.05) is 18.3 Å². The van der Waals surface area contributed by atoms with Gasteiger partial charge >= 0.3 is 0 Å². The van der Waals surface area contributed by atoms with Gasteiger partial charge in [0.2, 0.25) is 0 Å². The van der Waals surface area contributed by atoms with Crippen molar-refractivity contribution in [3.8, 4) is 11.5 Å². The lowest BCUT2D eigenvalue weighted by Crippen LogP contribution is -2.29. The molecule has 1 aliphatic rings. The Morgan fingerprint density at radius 2 is 2.29 bits per heavy atom. The SMILES string of the molecule is CCCc1noc(-c2cccnc2N2CCCNCC2)n1. The Labute approximate surface area is 124 Å². The predicted molar refractivity (Wildman–Crippen MR) is 81.2 cm³/mol. The second-order valence-electron chi connectivity index (χ2n) is 5.23. The van der Waals surface area contributed by atoms with Gasteiger partial charge in [-0.25, -0.2) is 4.98 Å². The molecule has 1 aliphatic heterocycles. The van der Waals surface area contributed by atoms with Crippen LogP contribution >= 0.6 is 0 Å². The number of rotatable bonds is 4. The van der Waals surface area contributed by atoms with Gasteiger partial charge in [0.15, 0.2) is 5.82 Å². The van der Waals surface area contributed by atoms with E-state index in [1.165, 1.54) is 0 Å². The molecule has 3 heterocycles. The molecule has 0 bridgehead atoms. The number of aryl methyl sites for hydroxylation is 1. The number of nitrogens with one attached hydrogen (secondary N) is 1. The van der Waals surface area contributed by atoms with Crippen LogP contribution in [0, 0.1) is 0 Å². The molecular weight excluding hydrogens is 266 g/mol. The zero-order valence-electron chi connectivity index (χ0n) is 12.4. The first-order valence-corrected chi connectivity index (χ1v) is 7.62. The summed E-state index contributed by atoms with van der Waals surface area (Å²) in [6, 6.07) is 3.92. The van der Waals surface area contributed by atoms with Crippen LogP contribution < -0.4 is 10.2 Å². The number of anilines is 1. The fourth-order valence-electron chi connectivity index (χ4n) is 2.56. The average Bonchev–Trinajstić information content (AvgIpc) is 2.81. The molecule has 6 heteroatoms. The van der Waals surface area contributed by atoms with Crippen LogP contribution in [-0.4, -0.2) is 41.3 Å². The molecule has 112 valence electrons. The van der Waals surface area contributed by atoms with Crippen molar-refractivity contribution in [2.24, 2.45) is 0 Å². The van der Waals surface area contributed by atoms with Crippen molar-refractivity contribution >= 4 is 5.82 Å². The Morgan fingerprint density at radius 1 is 1.33 bits per heavy atom. The van der Waals surface area contributed by atoms with E-state index in [2.05, 4.69) is 32.3 Å². The number of aromatic nitrogens is 3. The molecule has 0 aliphatic carbocycles. The summed E-state index contributed by atoms with van der Waals surface area (Å²) in [4.78, 5) is 11.3. The van der Waals surface area contributed by atoms with E-state index in [-0.39, 0.29) is 0 Å². The maximum atomic E-state index is 5.42. The van der Waals surface area contributed by atoms with Crippen LogP contribution in [0.15, 0.2) is 22.9 Å². The zero-order chi connectivity index (χ0) is 14.5. The van der Waals surface area contributed by atoms with E-state index >= 15 is 0 Å². The molecule has 6 nitrogen and oxygen atoms in total. The van der Waals surface area contributed by atoms with Gasteiger partial charge in [-0.15, -0.1) is 0 Å². The molecule has 0 spiro atoms. The minimum absolute atomic E-state index is 0.568. The molecule has 0 amide bonds. The molecule has 1 N–H and O–H groups in total. The van der Waals surface area contributed by atoms with E-state index in [0.29, 0.717) is 5.89 Å². The third kappa shape index (κ3) is 3.21. The second-order valence-corrected chi connectivity index (χ2v) is 5.23. The number of hydrogen-bond donors (Lipinski definition) is 1. The van der Waals surface area contributed by atoms with Gasteiger partial charge in [-0.1, -0.05) is 12.1 Å². The predicted octanol–water partition coefficient (Wildman–Crippen LogP) is 1.88. The van der Waals surface area contributed by atoms with Crippen molar-refractivity contribution in [1.29, 1.82) is 0 Å². The minimum Gasteiger partial charge on any atom is -0.355 e. The van der Waals surface area contributed by atoms with Gasteiger partial charge in [0, 0.05) is 32.3 Å². The first kappa shape index (κ1) is 14.0. The quantitative estimate of drug-likeness (QED) is 0.926. The molecule has 2 aromatic heterocycles. The fourth-order valence-corrected chi connectivity index (χ4v) is 2.56. The van der Waals surface area contributed by atoms with Gasteiger partial charge in [-0.05, 0) is 31.5 Å². The monoisotopic (exact) mass is 287 g/mol. The highest BCUT2D eigenvalue weighted by molar-refractivity contribution is 5.69. The Kier molecular flexibility index (Phi) is 4.45. The van der Waals surface area contributed by atoms with Gasteiger partial charge < -0.3 is 14.7 Å². The Balaban J connectivity index is 1.90. The van der Waals surface area contributed by atoms with Gasteiger partial charge in [-0.3, -0.25) is 0 Å². The van der Waals surface area contributed by atoms with E-state index in [0.717, 1.165) is 62.6 Å². The highest BCUT2D eigenvalue weighted by Crippen LogP contribution is 2.27. The van der Waals surface area contributed by atoms with E-state index in [1.54, 1.807) is 0 Å². The minimum atomic E-state index is 0.568. The molecule has 0 unspecified atom stereocenters. The Bertz CT molecular complexity index is 575. The van der Waals surface area contributed by atoms with Crippen molar-refractivity contribution in [3.05, 3.63) is 24.2 Å². The lowest BCUT2D eigenvalue weighted by molar-refractivity contribution is 0.422. The summed E-state index contributed by atoms with van der Waals surface area (Å²) in [7, 11) is 0. The summed E-state index contributed by atoms with van der Waals surface area (Å²) in [6.07, 6.45) is 4.78. The maximum Gasteiger partial charge on any atom is 0.261 e. The Hall–Kier alpha value is -1.95. The summed E-state index contributed by atoms with van der Waals surface area (Å²) in [5.41, 5.74) is 0.925. The largest absolute Gasteiger partial charge is 0.355 e. The molecule has 0 atom stereocenters. The molecule has 0 aromatic carbocycles. The normalized spacial score (nSPS) is 16.0. The van der Waals surface area contributed by atoms with Gasteiger partial charge in [0.1, 0.15) is 5.82 Å². The molecule has 0 radical (unpaired) electrons. The molecular formula is C15H21N5O. The average molecular weight is 287 g/mol. The topological polar surface area (TPSA) is 67.1 Å².